The first kappa shape index (κ1) is 14.7. The normalized spacial score (nSPS) is 10.4. The predicted molar refractivity (Wildman–Crippen MR) is 84.4 cm³/mol. The highest BCUT2D eigenvalue weighted by Crippen LogP contribution is 2.15. The molecule has 0 unspecified atom stereocenters. The van der Waals surface area contributed by atoms with Crippen LogP contribution in [0.2, 0.25) is 0 Å². The second-order valence-corrected chi connectivity index (χ2v) is 5.68. The fourth-order valence-electron chi connectivity index (χ4n) is 1.94. The average Bonchev–Trinajstić information content (AvgIpc) is 2.83. The van der Waals surface area contributed by atoms with Crippen molar-refractivity contribution >= 4 is 11.3 Å². The second kappa shape index (κ2) is 7.20. The molecule has 2 aromatic rings. The predicted octanol–water partition coefficient (Wildman–Crippen LogP) is 2.39. The van der Waals surface area contributed by atoms with E-state index in [4.69, 9.17) is 5.73 Å². The third-order valence-electron chi connectivity index (χ3n) is 3.00. The molecule has 0 aliphatic rings. The number of rotatable bonds is 4. The van der Waals surface area contributed by atoms with Crippen LogP contribution in [-0.2, 0) is 13.1 Å². The summed E-state index contributed by atoms with van der Waals surface area (Å²) in [6.07, 6.45) is 0. The highest BCUT2D eigenvalue weighted by atomic mass is 32.1. The molecule has 0 amide bonds. The van der Waals surface area contributed by atoms with Crippen LogP contribution in [0.5, 0.6) is 0 Å². The van der Waals surface area contributed by atoms with E-state index >= 15 is 0 Å². The summed E-state index contributed by atoms with van der Waals surface area (Å²) >= 11 is 1.72. The zero-order valence-corrected chi connectivity index (χ0v) is 12.7. The van der Waals surface area contributed by atoms with Crippen molar-refractivity contribution < 1.29 is 0 Å². The standard InChI is InChI=1S/C16H19N3S/c1-13-16(20-12-18-13)11-19(2)10-15-7-5-14(6-8-15)4-3-9-17/h5-8,12H,9-11,17H2,1-2H3. The zero-order chi connectivity index (χ0) is 14.4. The van der Waals surface area contributed by atoms with Crippen LogP contribution in [0.1, 0.15) is 21.7 Å². The molecule has 0 atom stereocenters. The van der Waals surface area contributed by atoms with Crippen LogP contribution in [0.4, 0.5) is 0 Å². The molecule has 0 aliphatic heterocycles. The SMILES string of the molecule is Cc1ncsc1CN(C)Cc1ccc(C#CCN)cc1. The Kier molecular flexibility index (Phi) is 5.31. The van der Waals surface area contributed by atoms with E-state index in [0.29, 0.717) is 6.54 Å². The van der Waals surface area contributed by atoms with Gasteiger partial charge in [0.1, 0.15) is 0 Å². The molecule has 0 fully saturated rings. The molecule has 0 aliphatic carbocycles. The van der Waals surface area contributed by atoms with Crippen molar-refractivity contribution in [2.45, 2.75) is 20.0 Å². The Balaban J connectivity index is 1.94. The fraction of sp³-hybridized carbons (Fsp3) is 0.312. The number of thiazole rings is 1. The number of nitrogens with two attached hydrogens (primary N) is 1. The first-order valence-electron chi connectivity index (χ1n) is 6.54. The van der Waals surface area contributed by atoms with Gasteiger partial charge in [0.25, 0.3) is 0 Å². The van der Waals surface area contributed by atoms with Gasteiger partial charge in [0, 0.05) is 23.5 Å². The Bertz CT molecular complexity index is 605. The molecule has 1 heterocycles. The van der Waals surface area contributed by atoms with Crippen LogP contribution in [0.25, 0.3) is 0 Å². The molecule has 2 rings (SSSR count). The van der Waals surface area contributed by atoms with Crippen molar-refractivity contribution in [3.05, 3.63) is 51.5 Å². The maximum atomic E-state index is 5.36. The van der Waals surface area contributed by atoms with Crippen LogP contribution in [0.15, 0.2) is 29.8 Å². The topological polar surface area (TPSA) is 42.2 Å². The van der Waals surface area contributed by atoms with Gasteiger partial charge in [-0.1, -0.05) is 24.0 Å². The molecule has 1 aromatic heterocycles. The highest BCUT2D eigenvalue weighted by Gasteiger charge is 2.06. The van der Waals surface area contributed by atoms with Crippen molar-refractivity contribution in [3.8, 4) is 11.8 Å². The molecule has 104 valence electrons. The summed E-state index contributed by atoms with van der Waals surface area (Å²) in [5.41, 5.74) is 10.7. The minimum atomic E-state index is 0.401. The van der Waals surface area contributed by atoms with E-state index in [9.17, 15) is 0 Å². The van der Waals surface area contributed by atoms with Gasteiger partial charge in [0.15, 0.2) is 0 Å². The van der Waals surface area contributed by atoms with E-state index in [1.54, 1.807) is 11.3 Å². The quantitative estimate of drug-likeness (QED) is 0.877. The zero-order valence-electron chi connectivity index (χ0n) is 11.9. The van der Waals surface area contributed by atoms with Crippen LogP contribution >= 0.6 is 11.3 Å². The summed E-state index contributed by atoms with van der Waals surface area (Å²) in [5, 5.41) is 0. The van der Waals surface area contributed by atoms with Crippen molar-refractivity contribution in [2.75, 3.05) is 13.6 Å². The Morgan fingerprint density at radius 3 is 2.60 bits per heavy atom. The van der Waals surface area contributed by atoms with Crippen molar-refractivity contribution in [1.82, 2.24) is 9.88 Å². The molecule has 20 heavy (non-hydrogen) atoms. The minimum Gasteiger partial charge on any atom is -0.320 e. The number of nitrogens with zero attached hydrogens (tertiary/aromatic N) is 2. The lowest BCUT2D eigenvalue weighted by atomic mass is 10.1. The van der Waals surface area contributed by atoms with Gasteiger partial charge in [0.2, 0.25) is 0 Å². The summed E-state index contributed by atoms with van der Waals surface area (Å²) in [5.74, 6) is 5.90. The number of aromatic nitrogens is 1. The molecule has 1 aromatic carbocycles. The molecule has 2 N–H and O–H groups in total. The minimum absolute atomic E-state index is 0.401. The van der Waals surface area contributed by atoms with E-state index in [-0.39, 0.29) is 0 Å². The lowest BCUT2D eigenvalue weighted by Gasteiger charge is -2.16. The van der Waals surface area contributed by atoms with Gasteiger partial charge in [-0.3, -0.25) is 4.90 Å². The number of hydrogen-bond acceptors (Lipinski definition) is 4. The lowest BCUT2D eigenvalue weighted by molar-refractivity contribution is 0.321. The summed E-state index contributed by atoms with van der Waals surface area (Å²) in [6, 6.07) is 8.33. The highest BCUT2D eigenvalue weighted by molar-refractivity contribution is 7.09. The van der Waals surface area contributed by atoms with E-state index in [1.807, 2.05) is 17.6 Å². The Morgan fingerprint density at radius 2 is 2.00 bits per heavy atom. The molecule has 4 heteroatoms. The number of aryl methyl sites for hydroxylation is 1. The third-order valence-corrected chi connectivity index (χ3v) is 3.92. The summed E-state index contributed by atoms with van der Waals surface area (Å²) in [4.78, 5) is 7.91. The second-order valence-electron chi connectivity index (χ2n) is 4.74. The lowest BCUT2D eigenvalue weighted by Crippen LogP contribution is -2.17. The first-order valence-corrected chi connectivity index (χ1v) is 7.42. The van der Waals surface area contributed by atoms with Gasteiger partial charge in [-0.2, -0.15) is 0 Å². The molecular formula is C16H19N3S. The Hall–Kier alpha value is -1.67. The van der Waals surface area contributed by atoms with Gasteiger partial charge in [-0.25, -0.2) is 4.98 Å². The Morgan fingerprint density at radius 1 is 1.25 bits per heavy atom. The molecular weight excluding hydrogens is 266 g/mol. The molecule has 0 radical (unpaired) electrons. The van der Waals surface area contributed by atoms with Gasteiger partial charge >= 0.3 is 0 Å². The number of benzene rings is 1. The maximum Gasteiger partial charge on any atom is 0.0798 e. The average molecular weight is 285 g/mol. The maximum absolute atomic E-state index is 5.36. The molecule has 0 saturated heterocycles. The van der Waals surface area contributed by atoms with Crippen LogP contribution in [-0.4, -0.2) is 23.5 Å². The van der Waals surface area contributed by atoms with Gasteiger partial charge in [0.05, 0.1) is 17.7 Å². The van der Waals surface area contributed by atoms with E-state index in [1.165, 1.54) is 10.4 Å². The molecule has 0 spiro atoms. The molecule has 0 bridgehead atoms. The van der Waals surface area contributed by atoms with Crippen LogP contribution in [0.3, 0.4) is 0 Å². The monoisotopic (exact) mass is 285 g/mol. The van der Waals surface area contributed by atoms with Gasteiger partial charge in [-0.05, 0) is 31.7 Å². The van der Waals surface area contributed by atoms with Gasteiger partial charge in [-0.15, -0.1) is 11.3 Å². The van der Waals surface area contributed by atoms with Crippen molar-refractivity contribution in [1.29, 1.82) is 0 Å². The van der Waals surface area contributed by atoms with E-state index < -0.39 is 0 Å². The van der Waals surface area contributed by atoms with Crippen LogP contribution < -0.4 is 5.73 Å². The van der Waals surface area contributed by atoms with Gasteiger partial charge < -0.3 is 5.73 Å². The smallest absolute Gasteiger partial charge is 0.0798 e. The van der Waals surface area contributed by atoms with E-state index in [0.717, 1.165) is 24.3 Å². The number of hydrogen-bond donors (Lipinski definition) is 1. The summed E-state index contributed by atoms with van der Waals surface area (Å²) < 4.78 is 0. The summed E-state index contributed by atoms with van der Waals surface area (Å²) in [6.45, 7) is 4.32. The third kappa shape index (κ3) is 4.17. The van der Waals surface area contributed by atoms with Crippen LogP contribution in [0, 0.1) is 18.8 Å². The fourth-order valence-corrected chi connectivity index (χ4v) is 2.79. The Labute approximate surface area is 124 Å². The van der Waals surface area contributed by atoms with E-state index in [2.05, 4.69) is 47.8 Å². The molecule has 0 saturated carbocycles. The largest absolute Gasteiger partial charge is 0.320 e. The summed E-state index contributed by atoms with van der Waals surface area (Å²) in [7, 11) is 2.13. The van der Waals surface area contributed by atoms with Crippen molar-refractivity contribution in [2.24, 2.45) is 5.73 Å². The first-order chi connectivity index (χ1) is 9.69. The van der Waals surface area contributed by atoms with Crippen molar-refractivity contribution in [3.63, 3.8) is 0 Å². The molecule has 3 nitrogen and oxygen atoms in total.